The zero-order valence-corrected chi connectivity index (χ0v) is 16.4. The molecule has 0 aliphatic heterocycles. The molecular weight excluding hydrogens is 368 g/mol. The number of hydrogen-bond donors (Lipinski definition) is 1. The molecule has 1 N–H and O–H groups in total. The predicted molar refractivity (Wildman–Crippen MR) is 104 cm³/mol. The van der Waals surface area contributed by atoms with Crippen LogP contribution in [0.2, 0.25) is 5.02 Å². The van der Waals surface area contributed by atoms with Gasteiger partial charge in [-0.3, -0.25) is 9.59 Å². The SMILES string of the molecule is CCN(Cc1ccccc1Cl)C(=O)CNC(=O)c1ccc(OC)c(OC)c1. The monoisotopic (exact) mass is 390 g/mol. The summed E-state index contributed by atoms with van der Waals surface area (Å²) >= 11 is 6.16. The lowest BCUT2D eigenvalue weighted by Crippen LogP contribution is -2.39. The van der Waals surface area contributed by atoms with Gasteiger partial charge in [0.2, 0.25) is 5.91 Å². The van der Waals surface area contributed by atoms with Crippen LogP contribution in [0.5, 0.6) is 11.5 Å². The zero-order valence-electron chi connectivity index (χ0n) is 15.6. The fourth-order valence-corrected chi connectivity index (χ4v) is 2.75. The molecule has 0 aromatic heterocycles. The van der Waals surface area contributed by atoms with Crippen LogP contribution in [-0.2, 0) is 11.3 Å². The van der Waals surface area contributed by atoms with E-state index in [1.807, 2.05) is 25.1 Å². The van der Waals surface area contributed by atoms with Crippen molar-refractivity contribution in [2.75, 3.05) is 27.3 Å². The van der Waals surface area contributed by atoms with Crippen LogP contribution in [0, 0.1) is 0 Å². The van der Waals surface area contributed by atoms with E-state index in [9.17, 15) is 9.59 Å². The van der Waals surface area contributed by atoms with Crippen molar-refractivity contribution in [1.29, 1.82) is 0 Å². The molecule has 2 rings (SSSR count). The Morgan fingerprint density at radius 1 is 1.07 bits per heavy atom. The summed E-state index contributed by atoms with van der Waals surface area (Å²) in [5.74, 6) is 0.428. The lowest BCUT2D eigenvalue weighted by molar-refractivity contribution is -0.130. The van der Waals surface area contributed by atoms with E-state index < -0.39 is 0 Å². The molecule has 0 saturated heterocycles. The standard InChI is InChI=1S/C20H23ClN2O4/c1-4-23(13-15-7-5-6-8-16(15)21)19(24)12-22-20(25)14-9-10-17(26-2)18(11-14)27-3/h5-11H,4,12-13H2,1-3H3,(H,22,25). The summed E-state index contributed by atoms with van der Waals surface area (Å²) in [7, 11) is 3.02. The molecule has 2 aromatic rings. The number of nitrogens with one attached hydrogen (secondary N) is 1. The van der Waals surface area contributed by atoms with Crippen molar-refractivity contribution in [2.24, 2.45) is 0 Å². The molecule has 0 radical (unpaired) electrons. The quantitative estimate of drug-likeness (QED) is 0.751. The van der Waals surface area contributed by atoms with E-state index in [0.717, 1.165) is 5.56 Å². The second-order valence-corrected chi connectivity index (χ2v) is 6.16. The third-order valence-corrected chi connectivity index (χ3v) is 4.47. The van der Waals surface area contributed by atoms with E-state index in [0.29, 0.717) is 35.2 Å². The minimum absolute atomic E-state index is 0.106. The van der Waals surface area contributed by atoms with Gasteiger partial charge in [0.15, 0.2) is 11.5 Å². The van der Waals surface area contributed by atoms with E-state index >= 15 is 0 Å². The molecule has 0 fully saturated rings. The smallest absolute Gasteiger partial charge is 0.251 e. The molecule has 0 unspecified atom stereocenters. The molecule has 27 heavy (non-hydrogen) atoms. The van der Waals surface area contributed by atoms with E-state index in [2.05, 4.69) is 5.32 Å². The summed E-state index contributed by atoms with van der Waals surface area (Å²) in [6.45, 7) is 2.67. The third-order valence-electron chi connectivity index (χ3n) is 4.10. The number of benzene rings is 2. The Hall–Kier alpha value is -2.73. The molecule has 144 valence electrons. The van der Waals surface area contributed by atoms with Gasteiger partial charge in [0.05, 0.1) is 20.8 Å². The van der Waals surface area contributed by atoms with Gasteiger partial charge in [-0.1, -0.05) is 29.8 Å². The highest BCUT2D eigenvalue weighted by Crippen LogP contribution is 2.27. The van der Waals surface area contributed by atoms with Crippen LogP contribution in [-0.4, -0.2) is 44.0 Å². The maximum Gasteiger partial charge on any atom is 0.251 e. The number of nitrogens with zero attached hydrogens (tertiary/aromatic N) is 1. The first-order valence-corrected chi connectivity index (χ1v) is 8.89. The van der Waals surface area contributed by atoms with Crippen molar-refractivity contribution in [3.8, 4) is 11.5 Å². The van der Waals surface area contributed by atoms with Gasteiger partial charge in [0.25, 0.3) is 5.91 Å². The normalized spacial score (nSPS) is 10.2. The Morgan fingerprint density at radius 2 is 1.78 bits per heavy atom. The van der Waals surface area contributed by atoms with Gasteiger partial charge in [-0.2, -0.15) is 0 Å². The lowest BCUT2D eigenvalue weighted by Gasteiger charge is -2.22. The minimum Gasteiger partial charge on any atom is -0.493 e. The van der Waals surface area contributed by atoms with Crippen molar-refractivity contribution in [3.05, 3.63) is 58.6 Å². The van der Waals surface area contributed by atoms with E-state index in [1.165, 1.54) is 14.2 Å². The Kier molecular flexibility index (Phi) is 7.49. The van der Waals surface area contributed by atoms with Gasteiger partial charge >= 0.3 is 0 Å². The number of rotatable bonds is 8. The van der Waals surface area contributed by atoms with Crippen LogP contribution in [0.3, 0.4) is 0 Å². The van der Waals surface area contributed by atoms with Gasteiger partial charge in [-0.25, -0.2) is 0 Å². The molecule has 0 atom stereocenters. The van der Waals surface area contributed by atoms with Gasteiger partial charge in [0, 0.05) is 23.7 Å². The molecular formula is C20H23ClN2O4. The first kappa shape index (κ1) is 20.6. The largest absolute Gasteiger partial charge is 0.493 e. The average molecular weight is 391 g/mol. The molecule has 0 saturated carbocycles. The fourth-order valence-electron chi connectivity index (χ4n) is 2.56. The maximum atomic E-state index is 12.5. The number of likely N-dealkylation sites (N-methyl/N-ethyl adjacent to an activating group) is 1. The van der Waals surface area contributed by atoms with Crippen LogP contribution in [0.25, 0.3) is 0 Å². The molecule has 6 nitrogen and oxygen atoms in total. The lowest BCUT2D eigenvalue weighted by atomic mass is 10.2. The summed E-state index contributed by atoms with van der Waals surface area (Å²) in [5, 5.41) is 3.25. The molecule has 7 heteroatoms. The van der Waals surface area contributed by atoms with Crippen molar-refractivity contribution in [3.63, 3.8) is 0 Å². The molecule has 0 bridgehead atoms. The van der Waals surface area contributed by atoms with Gasteiger partial charge in [0.1, 0.15) is 0 Å². The molecule has 0 aliphatic rings. The summed E-state index contributed by atoms with van der Waals surface area (Å²) < 4.78 is 10.3. The predicted octanol–water partition coefficient (Wildman–Crippen LogP) is 3.14. The summed E-state index contributed by atoms with van der Waals surface area (Å²) in [4.78, 5) is 26.4. The van der Waals surface area contributed by atoms with Gasteiger partial charge in [-0.15, -0.1) is 0 Å². The van der Waals surface area contributed by atoms with Gasteiger partial charge in [-0.05, 0) is 36.8 Å². The summed E-state index contributed by atoms with van der Waals surface area (Å²) in [6, 6.07) is 12.2. The Labute approximate surface area is 164 Å². The van der Waals surface area contributed by atoms with Crippen LogP contribution >= 0.6 is 11.6 Å². The molecule has 2 amide bonds. The molecule has 0 heterocycles. The van der Waals surface area contributed by atoms with Crippen molar-refractivity contribution in [2.45, 2.75) is 13.5 Å². The fraction of sp³-hybridized carbons (Fsp3) is 0.300. The van der Waals surface area contributed by atoms with E-state index in [1.54, 1.807) is 29.2 Å². The summed E-state index contributed by atoms with van der Waals surface area (Å²) in [6.07, 6.45) is 0. The number of hydrogen-bond acceptors (Lipinski definition) is 4. The van der Waals surface area contributed by atoms with Crippen LogP contribution < -0.4 is 14.8 Å². The van der Waals surface area contributed by atoms with Crippen molar-refractivity contribution in [1.82, 2.24) is 10.2 Å². The van der Waals surface area contributed by atoms with Crippen LogP contribution in [0.4, 0.5) is 0 Å². The summed E-state index contributed by atoms with van der Waals surface area (Å²) in [5.41, 5.74) is 1.25. The number of methoxy groups -OCH3 is 2. The highest BCUT2D eigenvalue weighted by Gasteiger charge is 2.16. The van der Waals surface area contributed by atoms with Crippen molar-refractivity contribution >= 4 is 23.4 Å². The first-order valence-electron chi connectivity index (χ1n) is 8.51. The zero-order chi connectivity index (χ0) is 19.8. The highest BCUT2D eigenvalue weighted by molar-refractivity contribution is 6.31. The maximum absolute atomic E-state index is 12.5. The highest BCUT2D eigenvalue weighted by atomic mass is 35.5. The molecule has 0 aliphatic carbocycles. The Balaban J connectivity index is 1.99. The number of ether oxygens (including phenoxy) is 2. The topological polar surface area (TPSA) is 67.9 Å². The Morgan fingerprint density at radius 3 is 2.41 bits per heavy atom. The number of halogens is 1. The molecule has 2 aromatic carbocycles. The Bertz CT molecular complexity index is 810. The van der Waals surface area contributed by atoms with Crippen molar-refractivity contribution < 1.29 is 19.1 Å². The number of carbonyl (C=O) groups excluding carboxylic acids is 2. The van der Waals surface area contributed by atoms with E-state index in [4.69, 9.17) is 21.1 Å². The third kappa shape index (κ3) is 5.37. The van der Waals surface area contributed by atoms with Crippen LogP contribution in [0.1, 0.15) is 22.8 Å². The minimum atomic E-state index is -0.363. The second kappa shape index (κ2) is 9.83. The molecule has 0 spiro atoms. The van der Waals surface area contributed by atoms with Crippen LogP contribution in [0.15, 0.2) is 42.5 Å². The van der Waals surface area contributed by atoms with E-state index in [-0.39, 0.29) is 18.4 Å². The first-order chi connectivity index (χ1) is 13.0. The second-order valence-electron chi connectivity index (χ2n) is 5.75. The number of carbonyl (C=O) groups is 2. The van der Waals surface area contributed by atoms with Gasteiger partial charge < -0.3 is 19.7 Å². The number of amides is 2. The average Bonchev–Trinajstić information content (AvgIpc) is 2.70.